The van der Waals surface area contributed by atoms with Crippen molar-refractivity contribution < 1.29 is 28.5 Å². The average Bonchev–Trinajstić information content (AvgIpc) is 3.47. The number of hydrogen-bond donors (Lipinski definition) is 3. The minimum atomic E-state index is -0.554. The topological polar surface area (TPSA) is 96.1 Å². The molecule has 0 unspecified atom stereocenters. The number of aromatic amines is 1. The summed E-state index contributed by atoms with van der Waals surface area (Å²) < 4.78 is 29.9. The highest BCUT2D eigenvalue weighted by Gasteiger charge is 2.51. The number of nitrogens with zero attached hydrogens (tertiary/aromatic N) is 1. The van der Waals surface area contributed by atoms with Gasteiger partial charge in [0.25, 0.3) is 0 Å². The molecular weight excluding hydrogens is 465 g/mol. The number of cyclic esters (lactones) is 1. The molecule has 36 heavy (non-hydrogen) atoms. The van der Waals surface area contributed by atoms with Crippen LogP contribution in [0.25, 0.3) is 10.9 Å². The number of H-pyrrole nitrogens is 1. The molecule has 3 atom stereocenters. The van der Waals surface area contributed by atoms with Crippen LogP contribution in [0.2, 0.25) is 0 Å². The second-order valence-electron chi connectivity index (χ2n) is 8.85. The zero-order valence-corrected chi connectivity index (χ0v) is 19.6. The molecule has 3 N–H and O–H groups in total. The molecule has 0 aliphatic carbocycles. The van der Waals surface area contributed by atoms with E-state index in [9.17, 15) is 14.3 Å². The Morgan fingerprint density at radius 3 is 2.47 bits per heavy atom. The summed E-state index contributed by atoms with van der Waals surface area (Å²) in [6, 6.07) is 16.2. The second-order valence-corrected chi connectivity index (χ2v) is 8.85. The Kier molecular flexibility index (Phi) is 5.13. The first-order valence-corrected chi connectivity index (χ1v) is 11.5. The van der Waals surface area contributed by atoms with Crippen molar-refractivity contribution >= 4 is 22.7 Å². The van der Waals surface area contributed by atoms with Crippen LogP contribution in [0, 0.1) is 5.82 Å². The van der Waals surface area contributed by atoms with Crippen molar-refractivity contribution in [3.05, 3.63) is 83.3 Å². The largest absolute Gasteiger partial charge is 0.502 e. The van der Waals surface area contributed by atoms with Crippen LogP contribution >= 0.6 is 0 Å². The van der Waals surface area contributed by atoms with Gasteiger partial charge in [-0.2, -0.15) is 0 Å². The number of phenols is 1. The first-order valence-electron chi connectivity index (χ1n) is 11.5. The number of ether oxygens (including phenoxy) is 3. The van der Waals surface area contributed by atoms with Crippen molar-refractivity contribution in [2.75, 3.05) is 26.1 Å². The number of aromatic nitrogens is 1. The van der Waals surface area contributed by atoms with Gasteiger partial charge in [-0.3, -0.25) is 4.90 Å². The summed E-state index contributed by atoms with van der Waals surface area (Å²) in [7, 11) is 2.92. The van der Waals surface area contributed by atoms with Gasteiger partial charge in [0.2, 0.25) is 5.75 Å². The number of phenolic OH excluding ortho intramolecular Hbond substituents is 1. The molecule has 1 saturated heterocycles. The molecule has 0 saturated carbocycles. The molecule has 3 aromatic carbocycles. The third-order valence-corrected chi connectivity index (χ3v) is 6.95. The van der Waals surface area contributed by atoms with E-state index in [-0.39, 0.29) is 41.8 Å². The predicted octanol–water partition coefficient (Wildman–Crippen LogP) is 5.11. The van der Waals surface area contributed by atoms with E-state index >= 15 is 0 Å². The summed E-state index contributed by atoms with van der Waals surface area (Å²) in [6.45, 7) is 0.180. The molecule has 2 aliphatic rings. The highest BCUT2D eigenvalue weighted by molar-refractivity contribution is 5.88. The van der Waals surface area contributed by atoms with Gasteiger partial charge in [-0.1, -0.05) is 18.2 Å². The van der Waals surface area contributed by atoms with E-state index in [1.807, 2.05) is 24.3 Å². The fourth-order valence-corrected chi connectivity index (χ4v) is 5.36. The van der Waals surface area contributed by atoms with Crippen molar-refractivity contribution in [1.29, 1.82) is 0 Å². The van der Waals surface area contributed by atoms with Gasteiger partial charge in [0.15, 0.2) is 11.5 Å². The number of carbonyl (C=O) groups excluding carboxylic acids is 1. The number of anilines is 1. The zero-order valence-electron chi connectivity index (χ0n) is 19.6. The van der Waals surface area contributed by atoms with Crippen LogP contribution in [0.4, 0.5) is 14.9 Å². The molecule has 8 nitrogen and oxygen atoms in total. The number of carbonyl (C=O) groups is 1. The van der Waals surface area contributed by atoms with E-state index in [0.29, 0.717) is 5.56 Å². The van der Waals surface area contributed by atoms with Crippen LogP contribution in [0.15, 0.2) is 60.7 Å². The number of halogens is 1. The van der Waals surface area contributed by atoms with E-state index in [1.165, 1.54) is 26.4 Å². The quantitative estimate of drug-likeness (QED) is 0.361. The van der Waals surface area contributed by atoms with Crippen molar-refractivity contribution in [3.63, 3.8) is 0 Å². The predicted molar refractivity (Wildman–Crippen MR) is 131 cm³/mol. The average molecular weight is 490 g/mol. The minimum absolute atomic E-state index is 0.118. The van der Waals surface area contributed by atoms with Crippen LogP contribution in [0.3, 0.4) is 0 Å². The fraction of sp³-hybridized carbons (Fsp3) is 0.222. The second kappa shape index (κ2) is 8.37. The van der Waals surface area contributed by atoms with Crippen LogP contribution in [-0.2, 0) is 4.74 Å². The number of aromatic hydroxyl groups is 1. The molecular formula is C27H24FN3O5. The Morgan fingerprint density at radius 1 is 1.08 bits per heavy atom. The van der Waals surface area contributed by atoms with Crippen molar-refractivity contribution in [1.82, 2.24) is 9.88 Å². The Bertz CT molecular complexity index is 1440. The van der Waals surface area contributed by atoms with Crippen LogP contribution in [-0.4, -0.2) is 48.0 Å². The molecule has 2 aliphatic heterocycles. The molecule has 9 heteroatoms. The van der Waals surface area contributed by atoms with Crippen molar-refractivity contribution in [2.24, 2.45) is 0 Å². The SMILES string of the molecule is COc1cc([C@@H]2c3[nH]c4ccccc4c3[C@@H](Nc3ccc(F)cc3)[C@H]3COC(=O)N23)cc(OC)c1O. The molecule has 4 aromatic rings. The molecule has 1 fully saturated rings. The number of benzene rings is 3. The van der Waals surface area contributed by atoms with E-state index in [1.54, 1.807) is 29.2 Å². The molecule has 6 rings (SSSR count). The van der Waals surface area contributed by atoms with Gasteiger partial charge < -0.3 is 29.6 Å². The van der Waals surface area contributed by atoms with Gasteiger partial charge in [0.05, 0.1) is 26.3 Å². The van der Waals surface area contributed by atoms with Gasteiger partial charge in [0, 0.05) is 27.8 Å². The molecule has 1 amide bonds. The lowest BCUT2D eigenvalue weighted by atomic mass is 9.85. The van der Waals surface area contributed by atoms with E-state index in [2.05, 4.69) is 10.3 Å². The molecule has 184 valence electrons. The number of rotatable bonds is 5. The standard InChI is InChI=1S/C27H24FN3O5/c1-34-20-11-14(12-21(35-2)26(20)32)25-24-22(17-5-3-4-6-18(17)30-24)23(19-13-36-27(33)31(19)25)29-16-9-7-15(28)8-10-16/h3-12,19,23,25,29-30,32H,13H2,1-2H3/t19-,23+,25-/m1/s1. The third kappa shape index (κ3) is 3.30. The maximum Gasteiger partial charge on any atom is 0.411 e. The van der Waals surface area contributed by atoms with Gasteiger partial charge >= 0.3 is 6.09 Å². The zero-order chi connectivity index (χ0) is 25.0. The van der Waals surface area contributed by atoms with Gasteiger partial charge in [0.1, 0.15) is 18.5 Å². The lowest BCUT2D eigenvalue weighted by Gasteiger charge is -2.41. The first kappa shape index (κ1) is 22.1. The number of fused-ring (bicyclic) bond motifs is 4. The first-order chi connectivity index (χ1) is 17.5. The van der Waals surface area contributed by atoms with Crippen LogP contribution in [0.5, 0.6) is 17.2 Å². The number of methoxy groups -OCH3 is 2. The van der Waals surface area contributed by atoms with E-state index in [0.717, 1.165) is 27.8 Å². The minimum Gasteiger partial charge on any atom is -0.502 e. The van der Waals surface area contributed by atoms with Gasteiger partial charge in [-0.25, -0.2) is 9.18 Å². The normalized spacial score (nSPS) is 20.6. The summed E-state index contributed by atoms with van der Waals surface area (Å²) >= 11 is 0. The maximum absolute atomic E-state index is 13.6. The van der Waals surface area contributed by atoms with Crippen molar-refractivity contribution in [2.45, 2.75) is 18.1 Å². The summed E-state index contributed by atoms with van der Waals surface area (Å²) in [5.74, 6) is 0.0245. The number of nitrogens with one attached hydrogen (secondary N) is 2. The van der Waals surface area contributed by atoms with E-state index in [4.69, 9.17) is 14.2 Å². The lowest BCUT2D eigenvalue weighted by molar-refractivity contribution is 0.145. The Morgan fingerprint density at radius 2 is 1.78 bits per heavy atom. The Balaban J connectivity index is 1.58. The number of para-hydroxylation sites is 1. The van der Waals surface area contributed by atoms with Gasteiger partial charge in [-0.15, -0.1) is 0 Å². The maximum atomic E-state index is 13.6. The molecule has 1 aromatic heterocycles. The summed E-state index contributed by atoms with van der Waals surface area (Å²) in [5.41, 5.74) is 4.14. The van der Waals surface area contributed by atoms with Crippen LogP contribution < -0.4 is 14.8 Å². The third-order valence-electron chi connectivity index (χ3n) is 6.95. The lowest BCUT2D eigenvalue weighted by Crippen LogP contribution is -2.47. The Hall–Kier alpha value is -4.40. The van der Waals surface area contributed by atoms with Crippen molar-refractivity contribution in [3.8, 4) is 17.2 Å². The molecule has 0 spiro atoms. The highest BCUT2D eigenvalue weighted by Crippen LogP contribution is 2.50. The summed E-state index contributed by atoms with van der Waals surface area (Å²) in [5, 5.41) is 15.0. The number of hydrogen-bond acceptors (Lipinski definition) is 6. The molecule has 3 heterocycles. The molecule has 0 radical (unpaired) electrons. The fourth-order valence-electron chi connectivity index (χ4n) is 5.36. The summed E-state index contributed by atoms with van der Waals surface area (Å²) in [4.78, 5) is 18.4. The van der Waals surface area contributed by atoms with Gasteiger partial charge in [-0.05, 0) is 48.0 Å². The van der Waals surface area contributed by atoms with E-state index < -0.39 is 12.1 Å². The molecule has 0 bridgehead atoms. The van der Waals surface area contributed by atoms with Crippen LogP contribution in [0.1, 0.15) is 28.9 Å². The highest BCUT2D eigenvalue weighted by atomic mass is 19.1. The monoisotopic (exact) mass is 489 g/mol. The summed E-state index contributed by atoms with van der Waals surface area (Å²) in [6.07, 6.45) is -0.453. The smallest absolute Gasteiger partial charge is 0.411 e. The Labute approximate surface area is 206 Å². The number of amides is 1.